The van der Waals surface area contributed by atoms with E-state index in [4.69, 9.17) is 9.72 Å². The number of piperazine rings is 1. The SMILES string of the molecule is CCOc1cccc(-n2cc(C(=O)N3CCN(c4ccc5c(C(=O)O)cccc5c4)CC3)nc2-c2ccc(C)cc2)c1. The van der Waals surface area contributed by atoms with Gasteiger partial charge in [-0.2, -0.15) is 0 Å². The Labute approximate surface area is 244 Å². The molecule has 0 radical (unpaired) electrons. The van der Waals surface area contributed by atoms with Crippen molar-refractivity contribution in [3.8, 4) is 22.8 Å². The highest BCUT2D eigenvalue weighted by Crippen LogP contribution is 2.28. The van der Waals surface area contributed by atoms with Gasteiger partial charge in [-0.1, -0.05) is 54.1 Å². The maximum absolute atomic E-state index is 13.7. The molecule has 1 N–H and O–H groups in total. The number of aromatic carboxylic acids is 1. The number of benzene rings is 4. The van der Waals surface area contributed by atoms with Gasteiger partial charge in [0, 0.05) is 49.7 Å². The highest BCUT2D eigenvalue weighted by molar-refractivity contribution is 6.04. The number of imidazole rings is 1. The second-order valence-corrected chi connectivity index (χ2v) is 10.4. The summed E-state index contributed by atoms with van der Waals surface area (Å²) >= 11 is 0. The number of aryl methyl sites for hydroxylation is 1. The molecule has 212 valence electrons. The Morgan fingerprint density at radius 3 is 2.38 bits per heavy atom. The zero-order valence-corrected chi connectivity index (χ0v) is 23.7. The van der Waals surface area contributed by atoms with Crippen LogP contribution in [0, 0.1) is 6.92 Å². The maximum Gasteiger partial charge on any atom is 0.336 e. The summed E-state index contributed by atoms with van der Waals surface area (Å²) in [6, 6.07) is 27.1. The summed E-state index contributed by atoms with van der Waals surface area (Å²) in [5, 5.41) is 11.1. The molecule has 0 bridgehead atoms. The molecule has 8 nitrogen and oxygen atoms in total. The Hall–Kier alpha value is -5.11. The van der Waals surface area contributed by atoms with E-state index >= 15 is 0 Å². The van der Waals surface area contributed by atoms with Crippen molar-refractivity contribution in [3.63, 3.8) is 0 Å². The molecule has 0 spiro atoms. The van der Waals surface area contributed by atoms with Gasteiger partial charge in [0.05, 0.1) is 17.9 Å². The Kier molecular flexibility index (Phi) is 7.35. The van der Waals surface area contributed by atoms with Crippen molar-refractivity contribution in [2.24, 2.45) is 0 Å². The van der Waals surface area contributed by atoms with Crippen LogP contribution >= 0.6 is 0 Å². The molecule has 1 saturated heterocycles. The van der Waals surface area contributed by atoms with Crippen LogP contribution in [0.2, 0.25) is 0 Å². The van der Waals surface area contributed by atoms with Crippen molar-refractivity contribution < 1.29 is 19.4 Å². The minimum Gasteiger partial charge on any atom is -0.494 e. The second kappa shape index (κ2) is 11.4. The molecular weight excluding hydrogens is 528 g/mol. The lowest BCUT2D eigenvalue weighted by molar-refractivity contribution is 0.0697. The number of carboxylic acid groups (broad SMARTS) is 1. The molecule has 1 fully saturated rings. The minimum atomic E-state index is -0.935. The summed E-state index contributed by atoms with van der Waals surface area (Å²) in [5.41, 5.74) is 4.65. The number of amides is 1. The van der Waals surface area contributed by atoms with Gasteiger partial charge in [-0.15, -0.1) is 0 Å². The van der Waals surface area contributed by atoms with E-state index in [2.05, 4.69) is 4.90 Å². The zero-order chi connectivity index (χ0) is 29.2. The lowest BCUT2D eigenvalue weighted by atomic mass is 10.0. The third-order valence-electron chi connectivity index (χ3n) is 7.67. The fourth-order valence-corrected chi connectivity index (χ4v) is 5.46. The van der Waals surface area contributed by atoms with Crippen LogP contribution in [0.15, 0.2) is 91.1 Å². The number of aromatic nitrogens is 2. The molecule has 2 heterocycles. The second-order valence-electron chi connectivity index (χ2n) is 10.4. The summed E-state index contributed by atoms with van der Waals surface area (Å²) < 4.78 is 7.68. The molecule has 8 heteroatoms. The smallest absolute Gasteiger partial charge is 0.336 e. The molecule has 0 atom stereocenters. The van der Waals surface area contributed by atoms with Gasteiger partial charge in [-0.3, -0.25) is 9.36 Å². The molecule has 4 aromatic carbocycles. The average Bonchev–Trinajstić information content (AvgIpc) is 3.46. The van der Waals surface area contributed by atoms with Crippen LogP contribution in [0.4, 0.5) is 5.69 Å². The molecule has 0 saturated carbocycles. The third-order valence-corrected chi connectivity index (χ3v) is 7.67. The summed E-state index contributed by atoms with van der Waals surface area (Å²) in [7, 11) is 0. The van der Waals surface area contributed by atoms with Gasteiger partial charge < -0.3 is 19.6 Å². The van der Waals surface area contributed by atoms with Crippen molar-refractivity contribution in [3.05, 3.63) is 108 Å². The first-order valence-corrected chi connectivity index (χ1v) is 14.1. The minimum absolute atomic E-state index is 0.104. The number of anilines is 1. The molecule has 6 rings (SSSR count). The van der Waals surface area contributed by atoms with Gasteiger partial charge in [-0.25, -0.2) is 9.78 Å². The molecular formula is C34H32N4O4. The standard InChI is InChI=1S/C34H32N4O4/c1-3-42-28-8-5-7-27(21-28)38-22-31(35-32(38)24-12-10-23(2)11-13-24)33(39)37-18-16-36(17-19-37)26-14-15-29-25(20-26)6-4-9-30(29)34(40)41/h4-15,20-22H,3,16-19H2,1-2H3,(H,40,41). The number of nitrogens with zero attached hydrogens (tertiary/aromatic N) is 4. The van der Waals surface area contributed by atoms with Crippen molar-refractivity contribution in [2.75, 3.05) is 37.7 Å². The quantitative estimate of drug-likeness (QED) is 0.260. The third kappa shape index (κ3) is 5.31. The van der Waals surface area contributed by atoms with Crippen molar-refractivity contribution in [2.45, 2.75) is 13.8 Å². The van der Waals surface area contributed by atoms with Crippen LogP contribution in [0.1, 0.15) is 33.3 Å². The maximum atomic E-state index is 13.7. The Morgan fingerprint density at radius 2 is 1.64 bits per heavy atom. The Morgan fingerprint density at radius 1 is 0.881 bits per heavy atom. The van der Waals surface area contributed by atoms with E-state index in [1.807, 2.05) is 102 Å². The summed E-state index contributed by atoms with van der Waals surface area (Å²) in [5.74, 6) is 0.417. The van der Waals surface area contributed by atoms with Crippen molar-refractivity contribution in [1.82, 2.24) is 14.5 Å². The lowest BCUT2D eigenvalue weighted by Crippen LogP contribution is -2.48. The fourth-order valence-electron chi connectivity index (χ4n) is 5.46. The molecule has 42 heavy (non-hydrogen) atoms. The van der Waals surface area contributed by atoms with Crippen LogP contribution in [0.25, 0.3) is 27.8 Å². The van der Waals surface area contributed by atoms with E-state index in [0.717, 1.165) is 33.6 Å². The summed E-state index contributed by atoms with van der Waals surface area (Å²) in [6.07, 6.45) is 1.82. The van der Waals surface area contributed by atoms with Gasteiger partial charge in [0.15, 0.2) is 0 Å². The van der Waals surface area contributed by atoms with E-state index in [0.29, 0.717) is 55.3 Å². The van der Waals surface area contributed by atoms with E-state index in [1.54, 1.807) is 12.1 Å². The van der Waals surface area contributed by atoms with Gasteiger partial charge in [-0.05, 0) is 55.0 Å². The fraction of sp³-hybridized carbons (Fsp3) is 0.206. The summed E-state index contributed by atoms with van der Waals surface area (Å²) in [6.45, 7) is 7.00. The van der Waals surface area contributed by atoms with Crippen molar-refractivity contribution in [1.29, 1.82) is 0 Å². The molecule has 0 unspecified atom stereocenters. The van der Waals surface area contributed by atoms with Crippen LogP contribution in [-0.4, -0.2) is 64.2 Å². The first kappa shape index (κ1) is 27.1. The predicted octanol–water partition coefficient (Wildman–Crippen LogP) is 6.06. The number of fused-ring (bicyclic) bond motifs is 1. The van der Waals surface area contributed by atoms with Gasteiger partial charge in [0.25, 0.3) is 5.91 Å². The lowest BCUT2D eigenvalue weighted by Gasteiger charge is -2.36. The van der Waals surface area contributed by atoms with E-state index < -0.39 is 5.97 Å². The molecule has 1 aliphatic heterocycles. The average molecular weight is 561 g/mol. The predicted molar refractivity (Wildman–Crippen MR) is 164 cm³/mol. The van der Waals surface area contributed by atoms with Crippen LogP contribution in [-0.2, 0) is 0 Å². The highest BCUT2D eigenvalue weighted by atomic mass is 16.5. The first-order chi connectivity index (χ1) is 20.4. The number of ether oxygens (including phenoxy) is 1. The molecule has 5 aromatic rings. The molecule has 1 aromatic heterocycles. The van der Waals surface area contributed by atoms with Gasteiger partial charge >= 0.3 is 5.97 Å². The number of carboxylic acids is 1. The summed E-state index contributed by atoms with van der Waals surface area (Å²) in [4.78, 5) is 34.2. The molecule has 1 aliphatic rings. The zero-order valence-electron chi connectivity index (χ0n) is 23.7. The topological polar surface area (TPSA) is 87.9 Å². The molecule has 1 amide bonds. The highest BCUT2D eigenvalue weighted by Gasteiger charge is 2.26. The number of hydrogen-bond donors (Lipinski definition) is 1. The number of rotatable bonds is 7. The number of carbonyl (C=O) groups excluding carboxylic acids is 1. The van der Waals surface area contributed by atoms with Crippen LogP contribution in [0.3, 0.4) is 0 Å². The van der Waals surface area contributed by atoms with Crippen LogP contribution < -0.4 is 9.64 Å². The van der Waals surface area contributed by atoms with E-state index in [9.17, 15) is 14.7 Å². The van der Waals surface area contributed by atoms with Gasteiger partial charge in [0.1, 0.15) is 17.3 Å². The van der Waals surface area contributed by atoms with Gasteiger partial charge in [0.2, 0.25) is 0 Å². The number of hydrogen-bond acceptors (Lipinski definition) is 5. The largest absolute Gasteiger partial charge is 0.494 e. The van der Waals surface area contributed by atoms with E-state index in [-0.39, 0.29) is 5.91 Å². The first-order valence-electron chi connectivity index (χ1n) is 14.1. The van der Waals surface area contributed by atoms with Crippen LogP contribution in [0.5, 0.6) is 5.75 Å². The van der Waals surface area contributed by atoms with E-state index in [1.165, 1.54) is 0 Å². The number of carbonyl (C=O) groups is 2. The normalized spacial score (nSPS) is 13.4. The van der Waals surface area contributed by atoms with Crippen molar-refractivity contribution >= 4 is 28.3 Å². The Balaban J connectivity index is 1.24. The monoisotopic (exact) mass is 560 g/mol. The molecule has 0 aliphatic carbocycles. The Bertz CT molecular complexity index is 1770.